The van der Waals surface area contributed by atoms with Crippen LogP contribution in [0.3, 0.4) is 0 Å². The van der Waals surface area contributed by atoms with Gasteiger partial charge in [0.25, 0.3) is 0 Å². The molecule has 0 nitrogen and oxygen atoms in total. The molecule has 0 saturated carbocycles. The lowest BCUT2D eigenvalue weighted by Crippen LogP contribution is -1.78. The van der Waals surface area contributed by atoms with Crippen LogP contribution in [0.2, 0.25) is 0 Å². The molecule has 19 heavy (non-hydrogen) atoms. The summed E-state index contributed by atoms with van der Waals surface area (Å²) in [6.07, 6.45) is 6.54. The lowest BCUT2D eigenvalue weighted by atomic mass is 10.1. The maximum Gasteiger partial charge on any atom is -0.0288 e. The molecule has 0 atom stereocenters. The summed E-state index contributed by atoms with van der Waals surface area (Å²) in [5.41, 5.74) is 2.53. The normalized spacial score (nSPS) is 6.58. The van der Waals surface area contributed by atoms with Gasteiger partial charge in [-0.3, -0.25) is 0 Å². The first-order valence-electron chi connectivity index (χ1n) is 7.94. The maximum atomic E-state index is 3.93. The summed E-state index contributed by atoms with van der Waals surface area (Å²) in [6, 6.07) is 0. The summed E-state index contributed by atoms with van der Waals surface area (Å²) in [7, 11) is 0. The van der Waals surface area contributed by atoms with Gasteiger partial charge in [-0.1, -0.05) is 78.7 Å². The lowest BCUT2D eigenvalue weighted by Gasteiger charge is -1.98. The van der Waals surface area contributed by atoms with Crippen LogP contribution in [0.4, 0.5) is 0 Å². The van der Waals surface area contributed by atoms with Crippen LogP contribution in [0.1, 0.15) is 88.0 Å². The molecule has 118 valence electrons. The lowest BCUT2D eigenvalue weighted by molar-refractivity contribution is 0.834. The van der Waals surface area contributed by atoms with E-state index in [1.807, 2.05) is 61.5 Å². The first kappa shape index (κ1) is 30.9. The van der Waals surface area contributed by atoms with Gasteiger partial charge >= 0.3 is 0 Å². The van der Waals surface area contributed by atoms with Crippen LogP contribution >= 0.6 is 0 Å². The Morgan fingerprint density at radius 1 is 0.842 bits per heavy atom. The summed E-state index contributed by atoms with van der Waals surface area (Å²) in [6.45, 7) is 29.3. The van der Waals surface area contributed by atoms with Crippen LogP contribution in [0, 0.1) is 0 Å². The smallest absolute Gasteiger partial charge is 0.0288 e. The molecule has 0 aromatic heterocycles. The fourth-order valence-electron chi connectivity index (χ4n) is 0.785. The third-order valence-electron chi connectivity index (χ3n) is 1.31. The molecule has 0 rings (SSSR count). The molecular formula is C19H42. The second-order valence-electron chi connectivity index (χ2n) is 3.53. The third kappa shape index (κ3) is 103. The molecule has 0 fully saturated rings. The Balaban J connectivity index is -0.0000000549. The van der Waals surface area contributed by atoms with E-state index in [1.165, 1.54) is 24.0 Å². The van der Waals surface area contributed by atoms with E-state index in [-0.39, 0.29) is 0 Å². The molecule has 0 aliphatic heterocycles. The van der Waals surface area contributed by atoms with E-state index < -0.39 is 0 Å². The van der Waals surface area contributed by atoms with Crippen LogP contribution in [0.15, 0.2) is 37.0 Å². The fourth-order valence-corrected chi connectivity index (χ4v) is 0.785. The Labute approximate surface area is 125 Å². The van der Waals surface area contributed by atoms with Gasteiger partial charge in [-0.2, -0.15) is 0 Å². The first-order valence-corrected chi connectivity index (χ1v) is 7.94. The highest BCUT2D eigenvalue weighted by Gasteiger charge is 1.88. The molecule has 0 radical (unpaired) electrons. The standard InChI is InChI=1S/C9H16.C4H8.3C2H6/c1-4-6-8-9(3)7-5-2;1-4(2)3;3*1-2/h4H,1,3,5-8H2,2H3;1H2,2-3H3;3*1-2H3. The van der Waals surface area contributed by atoms with Gasteiger partial charge in [0.2, 0.25) is 0 Å². The zero-order valence-electron chi connectivity index (χ0n) is 15.5. The highest BCUT2D eigenvalue weighted by atomic mass is 13.9. The minimum absolute atomic E-state index is 1.08. The van der Waals surface area contributed by atoms with E-state index in [9.17, 15) is 0 Å². The van der Waals surface area contributed by atoms with E-state index in [0.717, 1.165) is 12.8 Å². The van der Waals surface area contributed by atoms with Crippen LogP contribution in [0.25, 0.3) is 0 Å². The highest BCUT2D eigenvalue weighted by molar-refractivity contribution is 4.94. The third-order valence-corrected chi connectivity index (χ3v) is 1.31. The van der Waals surface area contributed by atoms with Gasteiger partial charge < -0.3 is 0 Å². The van der Waals surface area contributed by atoms with Gasteiger partial charge in [0.1, 0.15) is 0 Å². The Bertz CT molecular complexity index is 147. The molecule has 0 spiro atoms. The molecular weight excluding hydrogens is 228 g/mol. The van der Waals surface area contributed by atoms with E-state index in [0.29, 0.717) is 0 Å². The largest absolute Gasteiger partial charge is 0.103 e. The average Bonchev–Trinajstić information content (AvgIpc) is 2.43. The molecule has 0 heterocycles. The molecule has 0 saturated heterocycles. The molecule has 0 N–H and O–H groups in total. The van der Waals surface area contributed by atoms with Crippen molar-refractivity contribution in [1.82, 2.24) is 0 Å². The summed E-state index contributed by atoms with van der Waals surface area (Å²) < 4.78 is 0. The summed E-state index contributed by atoms with van der Waals surface area (Å²) in [5.74, 6) is 0. The van der Waals surface area contributed by atoms with Crippen molar-refractivity contribution in [3.63, 3.8) is 0 Å². The van der Waals surface area contributed by atoms with Crippen LogP contribution in [0.5, 0.6) is 0 Å². The number of hydrogen-bond donors (Lipinski definition) is 0. The van der Waals surface area contributed by atoms with Crippen molar-refractivity contribution < 1.29 is 0 Å². The topological polar surface area (TPSA) is 0 Å². The van der Waals surface area contributed by atoms with Gasteiger partial charge in [0.05, 0.1) is 0 Å². The Hall–Kier alpha value is -0.780. The Morgan fingerprint density at radius 2 is 1.16 bits per heavy atom. The maximum absolute atomic E-state index is 3.93. The zero-order chi connectivity index (χ0) is 16.7. The molecule has 0 aromatic rings. The van der Waals surface area contributed by atoms with Crippen LogP contribution < -0.4 is 0 Å². The van der Waals surface area contributed by atoms with Crippen molar-refractivity contribution in [1.29, 1.82) is 0 Å². The predicted molar refractivity (Wildman–Crippen MR) is 98.0 cm³/mol. The second kappa shape index (κ2) is 43.4. The zero-order valence-corrected chi connectivity index (χ0v) is 15.5. The number of rotatable bonds is 5. The molecule has 0 unspecified atom stereocenters. The molecule has 0 heteroatoms. The Kier molecular flexibility index (Phi) is 70.6. The highest BCUT2D eigenvalue weighted by Crippen LogP contribution is 2.08. The van der Waals surface area contributed by atoms with E-state index in [4.69, 9.17) is 0 Å². The summed E-state index contributed by atoms with van der Waals surface area (Å²) >= 11 is 0. The quantitative estimate of drug-likeness (QED) is 0.444. The predicted octanol–water partition coefficient (Wildman–Crippen LogP) is 7.97. The molecule has 0 aliphatic rings. The van der Waals surface area contributed by atoms with Crippen molar-refractivity contribution >= 4 is 0 Å². The Morgan fingerprint density at radius 3 is 1.37 bits per heavy atom. The molecule has 0 amide bonds. The van der Waals surface area contributed by atoms with Gasteiger partial charge in [-0.05, 0) is 33.1 Å². The van der Waals surface area contributed by atoms with Crippen molar-refractivity contribution in [2.24, 2.45) is 0 Å². The van der Waals surface area contributed by atoms with Gasteiger partial charge in [0.15, 0.2) is 0 Å². The first-order chi connectivity index (χ1) is 9.04. The fraction of sp³-hybridized carbons (Fsp3) is 0.684. The molecule has 0 aliphatic carbocycles. The molecule has 0 bridgehead atoms. The van der Waals surface area contributed by atoms with E-state index in [1.54, 1.807) is 0 Å². The van der Waals surface area contributed by atoms with Gasteiger partial charge in [-0.15, -0.1) is 13.2 Å². The van der Waals surface area contributed by atoms with Crippen molar-refractivity contribution in [2.45, 2.75) is 88.0 Å². The molecule has 0 aromatic carbocycles. The van der Waals surface area contributed by atoms with E-state index in [2.05, 4.69) is 26.7 Å². The minimum Gasteiger partial charge on any atom is -0.103 e. The van der Waals surface area contributed by atoms with E-state index >= 15 is 0 Å². The average molecular weight is 271 g/mol. The minimum atomic E-state index is 1.08. The van der Waals surface area contributed by atoms with Crippen LogP contribution in [-0.4, -0.2) is 0 Å². The van der Waals surface area contributed by atoms with Crippen LogP contribution in [-0.2, 0) is 0 Å². The second-order valence-corrected chi connectivity index (χ2v) is 3.53. The van der Waals surface area contributed by atoms with Crippen molar-refractivity contribution in [3.8, 4) is 0 Å². The van der Waals surface area contributed by atoms with Crippen molar-refractivity contribution in [2.75, 3.05) is 0 Å². The van der Waals surface area contributed by atoms with Gasteiger partial charge in [-0.25, -0.2) is 0 Å². The number of allylic oxidation sites excluding steroid dienone is 3. The SMILES string of the molecule is C=C(C)C.C=CCCC(=C)CCC.CC.CC.CC. The number of hydrogen-bond acceptors (Lipinski definition) is 0. The monoisotopic (exact) mass is 270 g/mol. The summed E-state index contributed by atoms with van der Waals surface area (Å²) in [5, 5.41) is 0. The summed E-state index contributed by atoms with van der Waals surface area (Å²) in [4.78, 5) is 0. The van der Waals surface area contributed by atoms with Crippen molar-refractivity contribution in [3.05, 3.63) is 37.0 Å². The van der Waals surface area contributed by atoms with Gasteiger partial charge in [0, 0.05) is 0 Å².